The van der Waals surface area contributed by atoms with E-state index in [-0.39, 0.29) is 12.3 Å². The molecule has 2 aromatic rings. The summed E-state index contributed by atoms with van der Waals surface area (Å²) >= 11 is 1.44. The Labute approximate surface area is 156 Å². The van der Waals surface area contributed by atoms with Crippen molar-refractivity contribution in [1.82, 2.24) is 9.88 Å². The number of aromatic nitrogens is 1. The van der Waals surface area contributed by atoms with Crippen LogP contribution < -0.4 is 4.74 Å². The van der Waals surface area contributed by atoms with E-state index in [1.165, 1.54) is 21.8 Å². The number of carbonyl (C=O) groups is 2. The minimum atomic E-state index is -1.11. The number of ether oxygens (including phenoxy) is 1. The second kappa shape index (κ2) is 7.45. The Balaban J connectivity index is 1.58. The van der Waals surface area contributed by atoms with E-state index in [1.807, 2.05) is 36.6 Å². The zero-order valence-corrected chi connectivity index (χ0v) is 15.7. The molecule has 0 aliphatic carbocycles. The van der Waals surface area contributed by atoms with Crippen molar-refractivity contribution >= 4 is 23.2 Å². The van der Waals surface area contributed by atoms with Gasteiger partial charge in [-0.05, 0) is 38.8 Å². The number of aliphatic carboxylic acids is 1. The number of likely N-dealkylation sites (tertiary alicyclic amines) is 1. The Morgan fingerprint density at radius 2 is 2.08 bits per heavy atom. The van der Waals surface area contributed by atoms with E-state index in [2.05, 4.69) is 4.98 Å². The lowest BCUT2D eigenvalue weighted by Crippen LogP contribution is -2.51. The molecule has 0 saturated carbocycles. The van der Waals surface area contributed by atoms with Gasteiger partial charge in [-0.15, -0.1) is 11.3 Å². The van der Waals surface area contributed by atoms with Gasteiger partial charge in [0, 0.05) is 11.9 Å². The largest absolute Gasteiger partial charge is 0.486 e. The van der Waals surface area contributed by atoms with Crippen LogP contribution in [-0.2, 0) is 22.6 Å². The number of hydrogen-bond acceptors (Lipinski definition) is 5. The molecule has 7 heteroatoms. The average molecular weight is 374 g/mol. The van der Waals surface area contributed by atoms with Crippen molar-refractivity contribution in [1.29, 1.82) is 0 Å². The minimum Gasteiger partial charge on any atom is -0.486 e. The average Bonchev–Trinajstić information content (AvgIpc) is 3.21. The summed E-state index contributed by atoms with van der Waals surface area (Å²) in [5, 5.41) is 12.1. The predicted molar refractivity (Wildman–Crippen MR) is 98.3 cm³/mol. The van der Waals surface area contributed by atoms with Gasteiger partial charge >= 0.3 is 5.97 Å². The summed E-state index contributed by atoms with van der Waals surface area (Å²) < 4.78 is 5.70. The van der Waals surface area contributed by atoms with Gasteiger partial charge in [-0.1, -0.05) is 17.7 Å². The Hall–Kier alpha value is -2.41. The molecular weight excluding hydrogens is 352 g/mol. The standard InChI is InChI=1S/C19H22N2O4S/c1-13-4-6-15(7-5-13)25-11-16-20-14(12-26-16)10-17(22)21-9-3-8-19(21,2)18(23)24/h4-7,12H,3,8-11H2,1-2H3,(H,23,24). The van der Waals surface area contributed by atoms with Crippen molar-refractivity contribution in [3.63, 3.8) is 0 Å². The molecule has 26 heavy (non-hydrogen) atoms. The maximum Gasteiger partial charge on any atom is 0.329 e. The Morgan fingerprint density at radius 1 is 1.35 bits per heavy atom. The van der Waals surface area contributed by atoms with Crippen molar-refractivity contribution < 1.29 is 19.4 Å². The van der Waals surface area contributed by atoms with Gasteiger partial charge in [0.15, 0.2) is 0 Å². The van der Waals surface area contributed by atoms with Crippen LogP contribution in [0.3, 0.4) is 0 Å². The summed E-state index contributed by atoms with van der Waals surface area (Å²) in [6, 6.07) is 7.79. The topological polar surface area (TPSA) is 79.7 Å². The van der Waals surface area contributed by atoms with Gasteiger partial charge in [-0.3, -0.25) is 4.79 Å². The molecule has 0 bridgehead atoms. The van der Waals surface area contributed by atoms with E-state index in [0.717, 1.165) is 10.8 Å². The molecule has 1 aliphatic rings. The molecule has 138 valence electrons. The van der Waals surface area contributed by atoms with Crippen LogP contribution in [0, 0.1) is 6.92 Å². The van der Waals surface area contributed by atoms with E-state index in [9.17, 15) is 14.7 Å². The van der Waals surface area contributed by atoms with Crippen LogP contribution in [0.2, 0.25) is 0 Å². The monoisotopic (exact) mass is 374 g/mol. The Bertz CT molecular complexity index is 802. The van der Waals surface area contributed by atoms with Crippen LogP contribution in [0.1, 0.15) is 36.0 Å². The molecule has 2 heterocycles. The van der Waals surface area contributed by atoms with Crippen molar-refractivity contribution in [2.24, 2.45) is 0 Å². The molecule has 0 spiro atoms. The lowest BCUT2D eigenvalue weighted by Gasteiger charge is -2.31. The molecule has 1 aliphatic heterocycles. The number of amides is 1. The number of carboxylic acids is 1. The highest BCUT2D eigenvalue weighted by Crippen LogP contribution is 2.30. The SMILES string of the molecule is Cc1ccc(OCc2nc(CC(=O)N3CCCC3(C)C(=O)O)cs2)cc1. The highest BCUT2D eigenvalue weighted by Gasteiger charge is 2.45. The molecule has 3 rings (SSSR count). The second-order valence-electron chi connectivity index (χ2n) is 6.74. The van der Waals surface area contributed by atoms with Gasteiger partial charge in [0.1, 0.15) is 22.9 Å². The first-order chi connectivity index (χ1) is 12.4. The van der Waals surface area contributed by atoms with Crippen LogP contribution in [0.25, 0.3) is 0 Å². The molecule has 1 fully saturated rings. The Morgan fingerprint density at radius 3 is 2.77 bits per heavy atom. The number of benzene rings is 1. The zero-order chi connectivity index (χ0) is 18.7. The van der Waals surface area contributed by atoms with Crippen molar-refractivity contribution in [2.45, 2.75) is 45.3 Å². The van der Waals surface area contributed by atoms with Crippen molar-refractivity contribution in [3.05, 3.63) is 45.9 Å². The van der Waals surface area contributed by atoms with Gasteiger partial charge in [0.05, 0.1) is 12.1 Å². The summed E-state index contributed by atoms with van der Waals surface area (Å²) in [6.07, 6.45) is 1.31. The normalized spacial score (nSPS) is 19.5. The van der Waals surface area contributed by atoms with Crippen LogP contribution in [0.4, 0.5) is 0 Å². The number of carbonyl (C=O) groups excluding carboxylic acids is 1. The fourth-order valence-corrected chi connectivity index (χ4v) is 3.82. The first-order valence-electron chi connectivity index (χ1n) is 8.55. The zero-order valence-electron chi connectivity index (χ0n) is 14.9. The number of carboxylic acid groups (broad SMARTS) is 1. The molecule has 6 nitrogen and oxygen atoms in total. The third-order valence-electron chi connectivity index (χ3n) is 4.72. The maximum absolute atomic E-state index is 12.6. The fourth-order valence-electron chi connectivity index (χ4n) is 3.11. The molecule has 1 aromatic carbocycles. The first-order valence-corrected chi connectivity index (χ1v) is 9.43. The van der Waals surface area contributed by atoms with Gasteiger partial charge in [0.25, 0.3) is 0 Å². The Kier molecular flexibility index (Phi) is 5.27. The van der Waals surface area contributed by atoms with Crippen molar-refractivity contribution in [3.8, 4) is 5.75 Å². The van der Waals surface area contributed by atoms with Gasteiger partial charge < -0.3 is 14.7 Å². The van der Waals surface area contributed by atoms with E-state index in [0.29, 0.717) is 31.7 Å². The van der Waals surface area contributed by atoms with Crippen LogP contribution >= 0.6 is 11.3 Å². The highest BCUT2D eigenvalue weighted by atomic mass is 32.1. The number of hydrogen-bond donors (Lipinski definition) is 1. The summed E-state index contributed by atoms with van der Waals surface area (Å²) in [7, 11) is 0. The quantitative estimate of drug-likeness (QED) is 0.841. The molecule has 1 saturated heterocycles. The maximum atomic E-state index is 12.6. The number of rotatable bonds is 6. The third kappa shape index (κ3) is 3.88. The summed E-state index contributed by atoms with van der Waals surface area (Å²) in [4.78, 5) is 30.0. The summed E-state index contributed by atoms with van der Waals surface area (Å²) in [6.45, 7) is 4.46. The van der Waals surface area contributed by atoms with Crippen LogP contribution in [-0.4, -0.2) is 39.0 Å². The van der Waals surface area contributed by atoms with Crippen LogP contribution in [0.5, 0.6) is 5.75 Å². The molecule has 0 radical (unpaired) electrons. The van der Waals surface area contributed by atoms with Gasteiger partial charge in [0.2, 0.25) is 5.91 Å². The first kappa shape index (κ1) is 18.4. The van der Waals surface area contributed by atoms with Crippen molar-refractivity contribution in [2.75, 3.05) is 6.54 Å². The lowest BCUT2D eigenvalue weighted by atomic mass is 9.99. The smallest absolute Gasteiger partial charge is 0.329 e. The molecule has 1 atom stereocenters. The van der Waals surface area contributed by atoms with E-state index >= 15 is 0 Å². The van der Waals surface area contributed by atoms with E-state index in [4.69, 9.17) is 4.74 Å². The highest BCUT2D eigenvalue weighted by molar-refractivity contribution is 7.09. The summed E-state index contributed by atoms with van der Waals surface area (Å²) in [5.74, 6) is -0.366. The fraction of sp³-hybridized carbons (Fsp3) is 0.421. The predicted octanol–water partition coefficient (Wildman–Crippen LogP) is 3.04. The lowest BCUT2D eigenvalue weighted by molar-refractivity contribution is -0.155. The molecular formula is C19H22N2O4S. The van der Waals surface area contributed by atoms with Gasteiger partial charge in [-0.2, -0.15) is 0 Å². The second-order valence-corrected chi connectivity index (χ2v) is 7.68. The van der Waals surface area contributed by atoms with E-state index < -0.39 is 11.5 Å². The van der Waals surface area contributed by atoms with Gasteiger partial charge in [-0.25, -0.2) is 9.78 Å². The number of aryl methyl sites for hydroxylation is 1. The minimum absolute atomic E-state index is 0.115. The molecule has 1 aromatic heterocycles. The third-order valence-corrected chi connectivity index (χ3v) is 5.59. The molecule has 1 N–H and O–H groups in total. The van der Waals surface area contributed by atoms with E-state index in [1.54, 1.807) is 6.92 Å². The molecule has 1 unspecified atom stereocenters. The molecule has 1 amide bonds. The number of nitrogens with zero attached hydrogens (tertiary/aromatic N) is 2. The number of thiazole rings is 1. The van der Waals surface area contributed by atoms with Crippen LogP contribution in [0.15, 0.2) is 29.6 Å². The summed E-state index contributed by atoms with van der Waals surface area (Å²) in [5.41, 5.74) is 0.717.